The Morgan fingerprint density at radius 1 is 1.44 bits per heavy atom. The summed E-state index contributed by atoms with van der Waals surface area (Å²) in [7, 11) is 0. The molecule has 4 N–H and O–H groups in total. The van der Waals surface area contributed by atoms with E-state index in [9.17, 15) is 18.0 Å². The molecule has 0 aliphatic rings. The molecule has 100 valence electrons. The maximum Gasteiger partial charge on any atom is 0.416 e. The SMILES string of the molecule is NC(C(=O)NCCO)c1cccc(C(F)(F)F)c1. The van der Waals surface area contributed by atoms with E-state index in [1.54, 1.807) is 0 Å². The van der Waals surface area contributed by atoms with Crippen molar-refractivity contribution in [1.29, 1.82) is 0 Å². The van der Waals surface area contributed by atoms with Gasteiger partial charge in [0.05, 0.1) is 12.2 Å². The minimum absolute atomic E-state index is 0.00545. The van der Waals surface area contributed by atoms with Crippen molar-refractivity contribution in [2.45, 2.75) is 12.2 Å². The zero-order chi connectivity index (χ0) is 13.8. The lowest BCUT2D eigenvalue weighted by atomic mass is 10.0. The molecular weight excluding hydrogens is 249 g/mol. The molecule has 4 nitrogen and oxygen atoms in total. The molecule has 1 aromatic carbocycles. The maximum absolute atomic E-state index is 12.5. The molecule has 1 amide bonds. The van der Waals surface area contributed by atoms with E-state index < -0.39 is 23.7 Å². The number of benzene rings is 1. The Kier molecular flexibility index (Phi) is 4.69. The van der Waals surface area contributed by atoms with Gasteiger partial charge in [-0.2, -0.15) is 13.2 Å². The second-order valence-electron chi connectivity index (χ2n) is 3.62. The van der Waals surface area contributed by atoms with Crippen LogP contribution < -0.4 is 11.1 Å². The third-order valence-corrected chi connectivity index (χ3v) is 2.27. The van der Waals surface area contributed by atoms with Crippen molar-refractivity contribution in [2.24, 2.45) is 5.73 Å². The largest absolute Gasteiger partial charge is 0.416 e. The van der Waals surface area contributed by atoms with E-state index in [-0.39, 0.29) is 18.7 Å². The molecule has 0 fully saturated rings. The summed E-state index contributed by atoms with van der Waals surface area (Å²) in [5.41, 5.74) is 4.74. The molecule has 1 unspecified atom stereocenters. The lowest BCUT2D eigenvalue weighted by Crippen LogP contribution is -2.35. The van der Waals surface area contributed by atoms with Gasteiger partial charge >= 0.3 is 6.18 Å². The summed E-state index contributed by atoms with van der Waals surface area (Å²) in [5, 5.41) is 10.8. The molecule has 1 aromatic rings. The monoisotopic (exact) mass is 262 g/mol. The van der Waals surface area contributed by atoms with Gasteiger partial charge in [-0.25, -0.2) is 0 Å². The van der Waals surface area contributed by atoms with E-state index in [1.807, 2.05) is 0 Å². The third kappa shape index (κ3) is 3.71. The Morgan fingerprint density at radius 3 is 2.67 bits per heavy atom. The van der Waals surface area contributed by atoms with Crippen LogP contribution in [0.25, 0.3) is 0 Å². The number of nitrogens with two attached hydrogens (primary N) is 1. The van der Waals surface area contributed by atoms with Gasteiger partial charge in [-0.15, -0.1) is 0 Å². The van der Waals surface area contributed by atoms with Crippen LogP contribution in [0, 0.1) is 0 Å². The van der Waals surface area contributed by atoms with Gasteiger partial charge in [0.2, 0.25) is 5.91 Å². The van der Waals surface area contributed by atoms with Gasteiger partial charge in [-0.05, 0) is 17.7 Å². The van der Waals surface area contributed by atoms with Gasteiger partial charge in [0, 0.05) is 6.54 Å². The summed E-state index contributed by atoms with van der Waals surface area (Å²) in [6.07, 6.45) is -4.47. The highest BCUT2D eigenvalue weighted by molar-refractivity contribution is 5.82. The van der Waals surface area contributed by atoms with Gasteiger partial charge in [0.1, 0.15) is 6.04 Å². The van der Waals surface area contributed by atoms with E-state index in [4.69, 9.17) is 10.8 Å². The Morgan fingerprint density at radius 2 is 2.11 bits per heavy atom. The maximum atomic E-state index is 12.5. The number of carbonyl (C=O) groups is 1. The van der Waals surface area contributed by atoms with Crippen LogP contribution in [-0.4, -0.2) is 24.2 Å². The van der Waals surface area contributed by atoms with Crippen molar-refractivity contribution in [3.63, 3.8) is 0 Å². The first-order chi connectivity index (χ1) is 8.36. The minimum atomic E-state index is -4.47. The van der Waals surface area contributed by atoms with Crippen LogP contribution in [0.4, 0.5) is 13.2 Å². The number of aliphatic hydroxyl groups is 1. The highest BCUT2D eigenvalue weighted by Gasteiger charge is 2.31. The lowest BCUT2D eigenvalue weighted by Gasteiger charge is -2.14. The van der Waals surface area contributed by atoms with Crippen LogP contribution >= 0.6 is 0 Å². The van der Waals surface area contributed by atoms with Gasteiger partial charge in [-0.1, -0.05) is 12.1 Å². The first-order valence-electron chi connectivity index (χ1n) is 5.17. The molecule has 1 rings (SSSR count). The quantitative estimate of drug-likeness (QED) is 0.751. The number of nitrogens with one attached hydrogen (secondary N) is 1. The molecule has 0 saturated carbocycles. The Hall–Kier alpha value is -1.60. The predicted octanol–water partition coefficient (Wildman–Crippen LogP) is 0.814. The molecule has 0 saturated heterocycles. The predicted molar refractivity (Wildman–Crippen MR) is 58.5 cm³/mol. The van der Waals surface area contributed by atoms with Crippen LogP contribution in [0.3, 0.4) is 0 Å². The molecule has 0 spiro atoms. The van der Waals surface area contributed by atoms with Crippen molar-refractivity contribution in [3.8, 4) is 0 Å². The molecule has 0 bridgehead atoms. The third-order valence-electron chi connectivity index (χ3n) is 2.27. The van der Waals surface area contributed by atoms with Crippen molar-refractivity contribution in [1.82, 2.24) is 5.32 Å². The number of aliphatic hydroxyl groups excluding tert-OH is 1. The molecule has 1 atom stereocenters. The molecule has 7 heteroatoms. The average molecular weight is 262 g/mol. The topological polar surface area (TPSA) is 75.4 Å². The summed E-state index contributed by atoms with van der Waals surface area (Å²) in [5.74, 6) is -0.636. The summed E-state index contributed by atoms with van der Waals surface area (Å²) >= 11 is 0. The van der Waals surface area contributed by atoms with Gasteiger partial charge < -0.3 is 16.2 Å². The summed E-state index contributed by atoms with van der Waals surface area (Å²) in [6, 6.07) is 3.08. The van der Waals surface area contributed by atoms with Crippen LogP contribution in [0.2, 0.25) is 0 Å². The Labute approximate surface area is 102 Å². The number of carbonyl (C=O) groups excluding carboxylic acids is 1. The Balaban J connectivity index is 2.86. The molecule has 18 heavy (non-hydrogen) atoms. The number of amides is 1. The number of hydrogen-bond acceptors (Lipinski definition) is 3. The van der Waals surface area contributed by atoms with Crippen LogP contribution in [0.5, 0.6) is 0 Å². The zero-order valence-corrected chi connectivity index (χ0v) is 9.37. The van der Waals surface area contributed by atoms with E-state index >= 15 is 0 Å². The number of halogens is 3. The first-order valence-corrected chi connectivity index (χ1v) is 5.17. The molecular formula is C11H13F3N2O2. The van der Waals surface area contributed by atoms with E-state index in [0.29, 0.717) is 0 Å². The smallest absolute Gasteiger partial charge is 0.395 e. The first kappa shape index (κ1) is 14.5. The van der Waals surface area contributed by atoms with Gasteiger partial charge in [0.15, 0.2) is 0 Å². The van der Waals surface area contributed by atoms with Crippen LogP contribution in [0.15, 0.2) is 24.3 Å². The molecule has 0 radical (unpaired) electrons. The molecule has 0 aliphatic heterocycles. The number of alkyl halides is 3. The Bertz CT molecular complexity index is 421. The second-order valence-corrected chi connectivity index (χ2v) is 3.62. The average Bonchev–Trinajstić information content (AvgIpc) is 2.34. The van der Waals surface area contributed by atoms with Crippen molar-refractivity contribution in [2.75, 3.05) is 13.2 Å². The van der Waals surface area contributed by atoms with Crippen molar-refractivity contribution >= 4 is 5.91 Å². The fourth-order valence-corrected chi connectivity index (χ4v) is 1.35. The standard InChI is InChI=1S/C11H13F3N2O2/c12-11(13,14)8-3-1-2-7(6-8)9(15)10(18)16-4-5-17/h1-3,6,9,17H,4-5,15H2,(H,16,18). The summed E-state index contributed by atoms with van der Waals surface area (Å²) in [6.45, 7) is -0.257. The fraction of sp³-hybridized carbons (Fsp3) is 0.364. The van der Waals surface area contributed by atoms with E-state index in [2.05, 4.69) is 5.32 Å². The van der Waals surface area contributed by atoms with Crippen molar-refractivity contribution in [3.05, 3.63) is 35.4 Å². The molecule has 0 aromatic heterocycles. The highest BCUT2D eigenvalue weighted by atomic mass is 19.4. The van der Waals surface area contributed by atoms with Gasteiger partial charge in [-0.3, -0.25) is 4.79 Å². The second kappa shape index (κ2) is 5.83. The van der Waals surface area contributed by atoms with E-state index in [1.165, 1.54) is 12.1 Å². The molecule has 0 aliphatic carbocycles. The summed E-state index contributed by atoms with van der Waals surface area (Å²) in [4.78, 5) is 11.4. The number of hydrogen-bond donors (Lipinski definition) is 3. The number of rotatable bonds is 4. The van der Waals surface area contributed by atoms with Crippen LogP contribution in [0.1, 0.15) is 17.2 Å². The fourth-order valence-electron chi connectivity index (χ4n) is 1.35. The van der Waals surface area contributed by atoms with Gasteiger partial charge in [0.25, 0.3) is 0 Å². The minimum Gasteiger partial charge on any atom is -0.395 e. The van der Waals surface area contributed by atoms with Crippen molar-refractivity contribution < 1.29 is 23.1 Å². The normalized spacial score (nSPS) is 13.2. The summed E-state index contributed by atoms with van der Waals surface area (Å²) < 4.78 is 37.4. The highest BCUT2D eigenvalue weighted by Crippen LogP contribution is 2.30. The zero-order valence-electron chi connectivity index (χ0n) is 9.37. The molecule has 0 heterocycles. The van der Waals surface area contributed by atoms with E-state index in [0.717, 1.165) is 12.1 Å². The lowest BCUT2D eigenvalue weighted by molar-refractivity contribution is -0.137. The van der Waals surface area contributed by atoms with Crippen LogP contribution in [-0.2, 0) is 11.0 Å².